The number of nitrogens with two attached hydrogens (primary N) is 1. The molecule has 0 unspecified atom stereocenters. The number of hydrogen-bond acceptors (Lipinski definition) is 3. The largest absolute Gasteiger partial charge is 0.508 e. The Morgan fingerprint density at radius 3 is 2.77 bits per heavy atom. The lowest BCUT2D eigenvalue weighted by Gasteiger charge is -1.97. The summed E-state index contributed by atoms with van der Waals surface area (Å²) >= 11 is 0. The van der Waals surface area contributed by atoms with Gasteiger partial charge in [-0.25, -0.2) is 0 Å². The van der Waals surface area contributed by atoms with Gasteiger partial charge in [-0.1, -0.05) is 0 Å². The first-order valence-corrected chi connectivity index (χ1v) is 3.65. The van der Waals surface area contributed by atoms with Gasteiger partial charge in [0.2, 0.25) is 5.96 Å². The summed E-state index contributed by atoms with van der Waals surface area (Å²) in [5.74, 6) is -0.132. The molecule has 0 saturated heterocycles. The molecule has 0 saturated carbocycles. The number of guanidine groups is 1. The third-order valence-corrected chi connectivity index (χ3v) is 1.45. The first kappa shape index (κ1) is 9.18. The lowest BCUT2D eigenvalue weighted by atomic mass is 10.2. The highest BCUT2D eigenvalue weighted by atomic mass is 16.3. The van der Waals surface area contributed by atoms with Crippen LogP contribution in [-0.4, -0.2) is 11.1 Å². The Morgan fingerprint density at radius 2 is 2.23 bits per heavy atom. The Bertz CT molecular complexity index is 359. The molecule has 13 heavy (non-hydrogen) atoms. The normalized spacial score (nSPS) is 10.5. The number of benzene rings is 1. The summed E-state index contributed by atoms with van der Waals surface area (Å²) in [5.41, 5.74) is 6.25. The molecule has 0 aliphatic heterocycles. The maximum absolute atomic E-state index is 9.18. The van der Waals surface area contributed by atoms with E-state index in [0.717, 1.165) is 0 Å². The van der Waals surface area contributed by atoms with E-state index in [9.17, 15) is 5.11 Å². The van der Waals surface area contributed by atoms with E-state index in [1.165, 1.54) is 6.07 Å². The van der Waals surface area contributed by atoms with Gasteiger partial charge in [0, 0.05) is 0 Å². The minimum Gasteiger partial charge on any atom is -0.508 e. The van der Waals surface area contributed by atoms with E-state index < -0.39 is 0 Å². The van der Waals surface area contributed by atoms with Crippen LogP contribution in [0, 0.1) is 12.3 Å². The predicted octanol–water partition coefficient (Wildman–Crippen LogP) is 1.68. The smallest absolute Gasteiger partial charge is 0.232 e. The molecule has 0 aliphatic rings. The summed E-state index contributed by atoms with van der Waals surface area (Å²) in [6.07, 6.45) is 0. The van der Waals surface area contributed by atoms with E-state index in [-0.39, 0.29) is 11.7 Å². The van der Waals surface area contributed by atoms with Crippen LogP contribution >= 0.6 is 0 Å². The minimum absolute atomic E-state index is 0.210. The van der Waals surface area contributed by atoms with Crippen molar-refractivity contribution in [1.29, 1.82) is 5.41 Å². The van der Waals surface area contributed by atoms with Gasteiger partial charge in [0.15, 0.2) is 0 Å². The van der Waals surface area contributed by atoms with Crippen molar-refractivity contribution in [2.75, 3.05) is 0 Å². The molecular weight excluding hydrogens is 168 g/mol. The lowest BCUT2D eigenvalue weighted by molar-refractivity contribution is 0.471. The van der Waals surface area contributed by atoms with Crippen LogP contribution in [-0.2, 0) is 0 Å². The van der Waals surface area contributed by atoms with Crippen molar-refractivity contribution in [2.24, 2.45) is 16.0 Å². The summed E-state index contributed by atoms with van der Waals surface area (Å²) in [4.78, 5) is 0. The highest BCUT2D eigenvalue weighted by Gasteiger charge is 1.96. The molecular formula is C8H10N4O. The summed E-state index contributed by atoms with van der Waals surface area (Å²) in [7, 11) is 0. The van der Waals surface area contributed by atoms with Gasteiger partial charge in [0.1, 0.15) is 5.75 Å². The fourth-order valence-electron chi connectivity index (χ4n) is 0.813. The van der Waals surface area contributed by atoms with Crippen molar-refractivity contribution in [1.82, 2.24) is 0 Å². The zero-order valence-corrected chi connectivity index (χ0v) is 7.15. The average molecular weight is 178 g/mol. The second-order valence-electron chi connectivity index (χ2n) is 2.56. The van der Waals surface area contributed by atoms with Crippen LogP contribution in [0.3, 0.4) is 0 Å². The lowest BCUT2D eigenvalue weighted by Crippen LogP contribution is -2.03. The molecule has 0 bridgehead atoms. The van der Waals surface area contributed by atoms with E-state index >= 15 is 0 Å². The van der Waals surface area contributed by atoms with Crippen LogP contribution in [0.5, 0.6) is 5.75 Å². The Hall–Kier alpha value is -1.91. The Morgan fingerprint density at radius 1 is 1.54 bits per heavy atom. The number of aryl methyl sites for hydroxylation is 1. The number of hydrogen-bond donors (Lipinski definition) is 3. The Balaban J connectivity index is 2.92. The summed E-state index contributed by atoms with van der Waals surface area (Å²) in [6, 6.07) is 4.76. The van der Waals surface area contributed by atoms with E-state index in [4.69, 9.17) is 11.1 Å². The number of nitrogens with one attached hydrogen (secondary N) is 1. The summed E-state index contributed by atoms with van der Waals surface area (Å²) < 4.78 is 0. The number of rotatable bonds is 1. The molecule has 4 N–H and O–H groups in total. The molecule has 0 amide bonds. The van der Waals surface area contributed by atoms with Crippen LogP contribution in [0.2, 0.25) is 0 Å². The van der Waals surface area contributed by atoms with Crippen molar-refractivity contribution >= 4 is 11.6 Å². The fraction of sp³-hybridized carbons (Fsp3) is 0.125. The first-order chi connectivity index (χ1) is 6.09. The molecule has 5 heteroatoms. The second kappa shape index (κ2) is 3.66. The van der Waals surface area contributed by atoms with E-state index in [0.29, 0.717) is 11.3 Å². The van der Waals surface area contributed by atoms with Gasteiger partial charge >= 0.3 is 0 Å². The molecule has 0 fully saturated rings. The average Bonchev–Trinajstić information content (AvgIpc) is 2.07. The van der Waals surface area contributed by atoms with Crippen LogP contribution in [0.25, 0.3) is 0 Å². The van der Waals surface area contributed by atoms with Crippen LogP contribution in [0.15, 0.2) is 28.4 Å². The number of azo groups is 1. The SMILES string of the molecule is Cc1cc(N=NC(=N)N)ccc1O. The van der Waals surface area contributed by atoms with E-state index in [1.807, 2.05) is 0 Å². The summed E-state index contributed by atoms with van der Waals surface area (Å²) in [5, 5.41) is 23.0. The van der Waals surface area contributed by atoms with Gasteiger partial charge in [-0.3, -0.25) is 5.41 Å². The number of phenols is 1. The predicted molar refractivity (Wildman–Crippen MR) is 49.3 cm³/mol. The van der Waals surface area contributed by atoms with Gasteiger partial charge in [-0.2, -0.15) is 0 Å². The highest BCUT2D eigenvalue weighted by Crippen LogP contribution is 2.22. The molecule has 0 aromatic heterocycles. The van der Waals surface area contributed by atoms with Gasteiger partial charge in [0.25, 0.3) is 0 Å². The van der Waals surface area contributed by atoms with Gasteiger partial charge < -0.3 is 10.8 Å². The molecule has 68 valence electrons. The molecule has 1 aromatic rings. The Labute approximate surface area is 75.4 Å². The minimum atomic E-state index is -0.342. The zero-order valence-electron chi connectivity index (χ0n) is 7.15. The molecule has 0 radical (unpaired) electrons. The van der Waals surface area contributed by atoms with Crippen LogP contribution in [0.1, 0.15) is 5.56 Å². The molecule has 5 nitrogen and oxygen atoms in total. The first-order valence-electron chi connectivity index (χ1n) is 3.65. The monoisotopic (exact) mass is 178 g/mol. The maximum atomic E-state index is 9.18. The molecule has 1 rings (SSSR count). The molecule has 0 atom stereocenters. The number of nitrogens with zero attached hydrogens (tertiary/aromatic N) is 2. The fourth-order valence-corrected chi connectivity index (χ4v) is 0.813. The molecule has 0 aliphatic carbocycles. The molecule has 0 spiro atoms. The topological polar surface area (TPSA) is 94.8 Å². The van der Waals surface area contributed by atoms with Crippen molar-refractivity contribution in [3.05, 3.63) is 23.8 Å². The third kappa shape index (κ3) is 2.55. The maximum Gasteiger partial charge on any atom is 0.232 e. The highest BCUT2D eigenvalue weighted by molar-refractivity contribution is 5.74. The quantitative estimate of drug-likeness (QED) is 0.346. The van der Waals surface area contributed by atoms with Crippen molar-refractivity contribution < 1.29 is 5.11 Å². The third-order valence-electron chi connectivity index (χ3n) is 1.45. The standard InChI is InChI=1S/C8H10N4O/c1-5-4-6(2-3-7(5)13)11-12-8(9)10/h2-4,13H,1H3,(H3,9,10). The van der Waals surface area contributed by atoms with Gasteiger partial charge in [0.05, 0.1) is 5.69 Å². The van der Waals surface area contributed by atoms with E-state index in [2.05, 4.69) is 10.2 Å². The van der Waals surface area contributed by atoms with Gasteiger partial charge in [-0.15, -0.1) is 10.2 Å². The zero-order chi connectivity index (χ0) is 9.84. The van der Waals surface area contributed by atoms with Crippen LogP contribution < -0.4 is 5.73 Å². The van der Waals surface area contributed by atoms with E-state index in [1.54, 1.807) is 19.1 Å². The molecule has 0 heterocycles. The second-order valence-corrected chi connectivity index (χ2v) is 2.56. The van der Waals surface area contributed by atoms with Crippen molar-refractivity contribution in [3.63, 3.8) is 0 Å². The molecule has 1 aromatic carbocycles. The number of aromatic hydroxyl groups is 1. The van der Waals surface area contributed by atoms with Gasteiger partial charge in [-0.05, 0) is 30.7 Å². The van der Waals surface area contributed by atoms with Crippen molar-refractivity contribution in [3.8, 4) is 5.75 Å². The Kier molecular flexibility index (Phi) is 2.59. The summed E-state index contributed by atoms with van der Waals surface area (Å²) in [6.45, 7) is 1.75. The number of phenolic OH excluding ortho intramolecular Hbond substituents is 1. The van der Waals surface area contributed by atoms with Crippen LogP contribution in [0.4, 0.5) is 5.69 Å². The van der Waals surface area contributed by atoms with Crippen molar-refractivity contribution in [2.45, 2.75) is 6.92 Å².